The van der Waals surface area contributed by atoms with Gasteiger partial charge in [-0.3, -0.25) is 0 Å². The van der Waals surface area contributed by atoms with Gasteiger partial charge in [0.05, 0.1) is 10.5 Å². The first-order valence-corrected chi connectivity index (χ1v) is 7.22. The van der Waals surface area contributed by atoms with Gasteiger partial charge in [0.15, 0.2) is 0 Å². The number of hydrogen-bond donors (Lipinski definition) is 2. The third kappa shape index (κ3) is 2.70. The van der Waals surface area contributed by atoms with E-state index < -0.39 is 16.0 Å². The highest BCUT2D eigenvalue weighted by Gasteiger charge is 2.29. The van der Waals surface area contributed by atoms with Gasteiger partial charge in [0.1, 0.15) is 0 Å². The molecule has 0 radical (unpaired) electrons. The van der Waals surface area contributed by atoms with Crippen molar-refractivity contribution in [3.63, 3.8) is 0 Å². The van der Waals surface area contributed by atoms with Crippen LogP contribution in [0.4, 0.5) is 0 Å². The summed E-state index contributed by atoms with van der Waals surface area (Å²) in [5, 5.41) is 8.74. The fourth-order valence-corrected chi connectivity index (χ4v) is 3.32. The number of carboxylic acid groups (broad SMARTS) is 1. The van der Waals surface area contributed by atoms with Gasteiger partial charge in [-0.15, -0.1) is 0 Å². The lowest BCUT2D eigenvalue weighted by Crippen LogP contribution is -2.43. The molecule has 0 saturated heterocycles. The van der Waals surface area contributed by atoms with Crippen molar-refractivity contribution in [1.82, 2.24) is 4.72 Å². The second kappa shape index (κ2) is 4.70. The lowest BCUT2D eigenvalue weighted by Gasteiger charge is -2.32. The highest BCUT2D eigenvalue weighted by molar-refractivity contribution is 7.89. The number of sulfonamides is 1. The van der Waals surface area contributed by atoms with Crippen LogP contribution in [-0.2, 0) is 10.0 Å². The van der Waals surface area contributed by atoms with E-state index >= 15 is 0 Å². The molecule has 1 saturated carbocycles. The predicted molar refractivity (Wildman–Crippen MR) is 65.9 cm³/mol. The van der Waals surface area contributed by atoms with E-state index in [9.17, 15) is 13.2 Å². The molecule has 0 unspecified atom stereocenters. The first-order valence-electron chi connectivity index (χ1n) is 5.74. The quantitative estimate of drug-likeness (QED) is 0.866. The first-order chi connectivity index (χ1) is 8.38. The van der Waals surface area contributed by atoms with Crippen LogP contribution in [0.5, 0.6) is 0 Å². The van der Waals surface area contributed by atoms with E-state index in [1.165, 1.54) is 24.3 Å². The maximum Gasteiger partial charge on any atom is 0.335 e. The molecule has 0 aromatic heterocycles. The normalized spacial score (nSPS) is 23.4. The van der Waals surface area contributed by atoms with E-state index in [1.54, 1.807) is 0 Å². The van der Waals surface area contributed by atoms with Crippen molar-refractivity contribution in [3.8, 4) is 0 Å². The molecule has 98 valence electrons. The highest BCUT2D eigenvalue weighted by atomic mass is 32.2. The summed E-state index contributed by atoms with van der Waals surface area (Å²) in [7, 11) is -3.53. The van der Waals surface area contributed by atoms with Gasteiger partial charge in [0, 0.05) is 6.04 Å². The molecule has 0 amide bonds. The minimum Gasteiger partial charge on any atom is -0.478 e. The molecule has 2 N–H and O–H groups in total. The van der Waals surface area contributed by atoms with E-state index in [2.05, 4.69) is 11.6 Å². The molecule has 0 heterocycles. The summed E-state index contributed by atoms with van der Waals surface area (Å²) in [6.45, 7) is 2.08. The average Bonchev–Trinajstić information content (AvgIpc) is 2.27. The smallest absolute Gasteiger partial charge is 0.335 e. The SMILES string of the molecule is CC1CC(NS(=O)(=O)c2ccc(C(=O)O)cc2)C1. The summed E-state index contributed by atoms with van der Waals surface area (Å²) >= 11 is 0. The number of benzene rings is 1. The van der Waals surface area contributed by atoms with Crippen LogP contribution in [-0.4, -0.2) is 25.5 Å². The van der Waals surface area contributed by atoms with Gasteiger partial charge in [-0.25, -0.2) is 17.9 Å². The molecule has 2 rings (SSSR count). The summed E-state index contributed by atoms with van der Waals surface area (Å²) in [4.78, 5) is 10.8. The number of hydrogen-bond acceptors (Lipinski definition) is 3. The van der Waals surface area contributed by atoms with Crippen LogP contribution in [0.2, 0.25) is 0 Å². The molecule has 1 fully saturated rings. The third-order valence-electron chi connectivity index (χ3n) is 3.11. The fraction of sp³-hybridized carbons (Fsp3) is 0.417. The number of nitrogens with one attached hydrogen (secondary N) is 1. The van der Waals surface area contributed by atoms with E-state index in [4.69, 9.17) is 5.11 Å². The molecule has 1 aliphatic carbocycles. The monoisotopic (exact) mass is 269 g/mol. The molecular formula is C12H15NO4S. The van der Waals surface area contributed by atoms with Crippen LogP contribution in [0.3, 0.4) is 0 Å². The fourth-order valence-electron chi connectivity index (χ4n) is 2.06. The predicted octanol–water partition coefficient (Wildman–Crippen LogP) is 1.46. The first kappa shape index (κ1) is 13.0. The van der Waals surface area contributed by atoms with Crippen LogP contribution in [0.1, 0.15) is 30.1 Å². The van der Waals surface area contributed by atoms with Crippen LogP contribution in [0, 0.1) is 5.92 Å². The Morgan fingerprint density at radius 1 is 1.28 bits per heavy atom. The van der Waals surface area contributed by atoms with E-state index in [-0.39, 0.29) is 16.5 Å². The van der Waals surface area contributed by atoms with Crippen molar-refractivity contribution >= 4 is 16.0 Å². The molecule has 1 aliphatic rings. The van der Waals surface area contributed by atoms with Crippen LogP contribution in [0.15, 0.2) is 29.2 Å². The Labute approximate surface area is 106 Å². The maximum absolute atomic E-state index is 12.0. The zero-order valence-electron chi connectivity index (χ0n) is 9.96. The lowest BCUT2D eigenvalue weighted by atomic mass is 9.83. The van der Waals surface area contributed by atoms with Gasteiger partial charge in [-0.05, 0) is 43.0 Å². The molecule has 0 bridgehead atoms. The molecule has 0 aliphatic heterocycles. The standard InChI is InChI=1S/C12H15NO4S/c1-8-6-10(7-8)13-18(16,17)11-4-2-9(3-5-11)12(14)15/h2-5,8,10,13H,6-7H2,1H3,(H,14,15). The Balaban J connectivity index is 2.12. The van der Waals surface area contributed by atoms with Gasteiger partial charge < -0.3 is 5.11 Å². The molecule has 6 heteroatoms. The van der Waals surface area contributed by atoms with Crippen molar-refractivity contribution in [3.05, 3.63) is 29.8 Å². The molecule has 1 aromatic carbocycles. The Hall–Kier alpha value is -1.40. The van der Waals surface area contributed by atoms with E-state index in [0.717, 1.165) is 12.8 Å². The van der Waals surface area contributed by atoms with Gasteiger partial charge in [0.25, 0.3) is 0 Å². The largest absolute Gasteiger partial charge is 0.478 e. The molecule has 1 aromatic rings. The van der Waals surface area contributed by atoms with Crippen molar-refractivity contribution in [1.29, 1.82) is 0 Å². The van der Waals surface area contributed by atoms with Crippen LogP contribution >= 0.6 is 0 Å². The van der Waals surface area contributed by atoms with Crippen molar-refractivity contribution in [2.45, 2.75) is 30.7 Å². The van der Waals surface area contributed by atoms with E-state index in [1.807, 2.05) is 0 Å². The summed E-state index contributed by atoms with van der Waals surface area (Å²) in [5.74, 6) is -0.508. The number of rotatable bonds is 4. The van der Waals surface area contributed by atoms with Gasteiger partial charge in [0.2, 0.25) is 10.0 Å². The molecule has 18 heavy (non-hydrogen) atoms. The Morgan fingerprint density at radius 2 is 1.83 bits per heavy atom. The van der Waals surface area contributed by atoms with Crippen LogP contribution in [0.25, 0.3) is 0 Å². The number of aromatic carboxylic acids is 1. The summed E-state index contributed by atoms with van der Waals surface area (Å²) in [6, 6.07) is 5.21. The molecular weight excluding hydrogens is 254 g/mol. The molecule has 0 spiro atoms. The summed E-state index contributed by atoms with van der Waals surface area (Å²) < 4.78 is 26.5. The van der Waals surface area contributed by atoms with E-state index in [0.29, 0.717) is 5.92 Å². The second-order valence-electron chi connectivity index (χ2n) is 4.72. The van der Waals surface area contributed by atoms with Crippen molar-refractivity contribution in [2.75, 3.05) is 0 Å². The summed E-state index contributed by atoms with van der Waals surface area (Å²) in [6.07, 6.45) is 1.71. The Morgan fingerprint density at radius 3 is 2.28 bits per heavy atom. The molecule has 0 atom stereocenters. The van der Waals surface area contributed by atoms with Crippen molar-refractivity contribution in [2.24, 2.45) is 5.92 Å². The van der Waals surface area contributed by atoms with Gasteiger partial charge >= 0.3 is 5.97 Å². The second-order valence-corrected chi connectivity index (χ2v) is 6.44. The number of carbonyl (C=O) groups is 1. The molecule has 5 nitrogen and oxygen atoms in total. The maximum atomic E-state index is 12.0. The minimum absolute atomic E-state index is 0.00384. The zero-order chi connectivity index (χ0) is 13.3. The topological polar surface area (TPSA) is 83.5 Å². The Bertz CT molecular complexity index is 544. The minimum atomic E-state index is -3.53. The van der Waals surface area contributed by atoms with Crippen LogP contribution < -0.4 is 4.72 Å². The number of carboxylic acids is 1. The highest BCUT2D eigenvalue weighted by Crippen LogP contribution is 2.27. The Kier molecular flexibility index (Phi) is 3.41. The van der Waals surface area contributed by atoms with Gasteiger partial charge in [-0.2, -0.15) is 0 Å². The third-order valence-corrected chi connectivity index (χ3v) is 4.64. The van der Waals surface area contributed by atoms with Crippen molar-refractivity contribution < 1.29 is 18.3 Å². The zero-order valence-corrected chi connectivity index (χ0v) is 10.8. The average molecular weight is 269 g/mol. The summed E-state index contributed by atoms with van der Waals surface area (Å²) in [5.41, 5.74) is 0.0752. The van der Waals surface area contributed by atoms with Gasteiger partial charge in [-0.1, -0.05) is 6.92 Å². The lowest BCUT2D eigenvalue weighted by molar-refractivity contribution is 0.0696.